The molecular weight excluding hydrogens is 546 g/mol. The van der Waals surface area contributed by atoms with Gasteiger partial charge in [0.1, 0.15) is 22.5 Å². The fraction of sp³-hybridized carbons (Fsp3) is 0.567. The molecule has 1 heterocycles. The van der Waals surface area contributed by atoms with E-state index in [-0.39, 0.29) is 35.9 Å². The number of carboxylic acids is 1. The van der Waals surface area contributed by atoms with E-state index in [4.69, 9.17) is 9.47 Å². The molecule has 1 N–H and O–H groups in total. The molecule has 0 aliphatic carbocycles. The normalized spacial score (nSPS) is 14.1. The van der Waals surface area contributed by atoms with Gasteiger partial charge in [-0.15, -0.1) is 11.3 Å². The van der Waals surface area contributed by atoms with Crippen LogP contribution in [0.5, 0.6) is 5.75 Å². The number of rotatable bonds is 15. The lowest BCUT2D eigenvalue weighted by Crippen LogP contribution is -2.44. The van der Waals surface area contributed by atoms with Crippen molar-refractivity contribution in [1.29, 1.82) is 0 Å². The number of likely N-dealkylation sites (N-methyl/N-ethyl adjacent to an activating group) is 1. The van der Waals surface area contributed by atoms with Gasteiger partial charge < -0.3 is 24.4 Å². The number of carboxylic acid groups (broad SMARTS) is 1. The zero-order chi connectivity index (χ0) is 30.9. The van der Waals surface area contributed by atoms with Crippen molar-refractivity contribution < 1.29 is 33.8 Å². The molecule has 1 unspecified atom stereocenters. The fourth-order valence-corrected chi connectivity index (χ4v) is 5.63. The topological polar surface area (TPSA) is 126 Å². The van der Waals surface area contributed by atoms with Crippen molar-refractivity contribution in [3.05, 3.63) is 45.9 Å². The summed E-state index contributed by atoms with van der Waals surface area (Å²) >= 11 is 1.16. The highest BCUT2D eigenvalue weighted by Crippen LogP contribution is 2.31. The lowest BCUT2D eigenvalue weighted by Gasteiger charge is -2.35. The second kappa shape index (κ2) is 15.5. The Morgan fingerprint density at radius 3 is 2.20 bits per heavy atom. The van der Waals surface area contributed by atoms with Crippen LogP contribution in [0.25, 0.3) is 0 Å². The van der Waals surface area contributed by atoms with Crippen LogP contribution in [-0.4, -0.2) is 76.9 Å². The number of methoxy groups -OCH3 is 1. The van der Waals surface area contributed by atoms with E-state index in [2.05, 4.69) is 4.98 Å². The molecule has 0 saturated heterocycles. The molecule has 0 aliphatic rings. The molecule has 4 atom stereocenters. The highest BCUT2D eigenvalue weighted by atomic mass is 32.1. The van der Waals surface area contributed by atoms with Gasteiger partial charge in [0.2, 0.25) is 5.91 Å². The second-order valence-corrected chi connectivity index (χ2v) is 11.6. The number of aromatic nitrogens is 1. The summed E-state index contributed by atoms with van der Waals surface area (Å²) in [5.41, 5.74) is 0.797. The summed E-state index contributed by atoms with van der Waals surface area (Å²) in [6.45, 7) is 9.27. The van der Waals surface area contributed by atoms with E-state index in [1.165, 1.54) is 14.0 Å². The number of aliphatic carboxylic acids is 1. The predicted molar refractivity (Wildman–Crippen MR) is 157 cm³/mol. The van der Waals surface area contributed by atoms with Crippen molar-refractivity contribution in [2.45, 2.75) is 78.5 Å². The Morgan fingerprint density at radius 2 is 1.68 bits per heavy atom. The van der Waals surface area contributed by atoms with Gasteiger partial charge in [0.15, 0.2) is 6.10 Å². The van der Waals surface area contributed by atoms with E-state index in [1.807, 2.05) is 27.7 Å². The number of carbonyl (C=O) groups excluding carboxylic acids is 3. The number of hydrogen-bond acceptors (Lipinski definition) is 8. The summed E-state index contributed by atoms with van der Waals surface area (Å²) in [6, 6.07) is 5.62. The number of amides is 2. The third-order valence-corrected chi connectivity index (χ3v) is 8.14. The average Bonchev–Trinajstić information content (AvgIpc) is 3.42. The van der Waals surface area contributed by atoms with Crippen molar-refractivity contribution in [1.82, 2.24) is 14.8 Å². The third kappa shape index (κ3) is 9.27. The summed E-state index contributed by atoms with van der Waals surface area (Å²) in [4.78, 5) is 57.9. The first-order valence-electron chi connectivity index (χ1n) is 13.8. The Balaban J connectivity index is 2.28. The summed E-state index contributed by atoms with van der Waals surface area (Å²) in [5, 5.41) is 11.8. The molecule has 0 spiro atoms. The van der Waals surface area contributed by atoms with Crippen LogP contribution in [0.2, 0.25) is 0 Å². The van der Waals surface area contributed by atoms with E-state index >= 15 is 0 Å². The molecule has 0 radical (unpaired) electrons. The first-order valence-corrected chi connectivity index (χ1v) is 14.7. The van der Waals surface area contributed by atoms with Gasteiger partial charge in [0, 0.05) is 51.2 Å². The van der Waals surface area contributed by atoms with Crippen molar-refractivity contribution in [3.63, 3.8) is 0 Å². The lowest BCUT2D eigenvalue weighted by atomic mass is 9.94. The smallest absolute Gasteiger partial charge is 0.326 e. The highest BCUT2D eigenvalue weighted by Gasteiger charge is 2.33. The number of ether oxygens (including phenoxy) is 2. The minimum Gasteiger partial charge on any atom is -0.497 e. The number of nitrogens with zero attached hydrogens (tertiary/aromatic N) is 3. The molecule has 0 fully saturated rings. The van der Waals surface area contributed by atoms with E-state index in [0.29, 0.717) is 17.2 Å². The van der Waals surface area contributed by atoms with Crippen LogP contribution in [-0.2, 0) is 25.5 Å². The molecule has 41 heavy (non-hydrogen) atoms. The highest BCUT2D eigenvalue weighted by molar-refractivity contribution is 7.09. The van der Waals surface area contributed by atoms with Crippen molar-refractivity contribution >= 4 is 35.1 Å². The van der Waals surface area contributed by atoms with Crippen LogP contribution in [0.15, 0.2) is 29.6 Å². The van der Waals surface area contributed by atoms with Gasteiger partial charge in [-0.05, 0) is 30.0 Å². The molecule has 1 aromatic heterocycles. The monoisotopic (exact) mass is 589 g/mol. The fourth-order valence-electron chi connectivity index (χ4n) is 4.79. The van der Waals surface area contributed by atoms with Crippen LogP contribution < -0.4 is 4.74 Å². The van der Waals surface area contributed by atoms with Crippen molar-refractivity contribution in [2.75, 3.05) is 21.2 Å². The molecule has 11 heteroatoms. The first kappa shape index (κ1) is 33.7. The maximum absolute atomic E-state index is 13.3. The van der Waals surface area contributed by atoms with E-state index in [9.17, 15) is 24.3 Å². The maximum atomic E-state index is 13.3. The molecule has 1 aromatic carbocycles. The Bertz CT molecular complexity index is 1180. The third-order valence-electron chi connectivity index (χ3n) is 7.20. The number of carbonyl (C=O) groups is 4. The second-order valence-electron chi connectivity index (χ2n) is 10.7. The molecule has 2 rings (SSSR count). The zero-order valence-corrected chi connectivity index (χ0v) is 26.1. The minimum atomic E-state index is -1.14. The quantitative estimate of drug-likeness (QED) is 0.293. The molecule has 0 aliphatic heterocycles. The number of benzene rings is 1. The van der Waals surface area contributed by atoms with Gasteiger partial charge in [-0.25, -0.2) is 9.78 Å². The van der Waals surface area contributed by atoms with Gasteiger partial charge in [-0.1, -0.05) is 46.2 Å². The molecular formula is C30H43N3O7S. The first-order chi connectivity index (χ1) is 19.3. The molecule has 226 valence electrons. The Kier molecular flexibility index (Phi) is 12.8. The van der Waals surface area contributed by atoms with Crippen molar-refractivity contribution in [2.24, 2.45) is 11.8 Å². The summed E-state index contributed by atoms with van der Waals surface area (Å²) < 4.78 is 10.8. The van der Waals surface area contributed by atoms with Crippen molar-refractivity contribution in [3.8, 4) is 5.75 Å². The average molecular weight is 590 g/mol. The number of thiazole rings is 1. The molecule has 2 aromatic rings. The van der Waals surface area contributed by atoms with Gasteiger partial charge in [0.05, 0.1) is 7.11 Å². The lowest BCUT2D eigenvalue weighted by molar-refractivity contribution is -0.149. The van der Waals surface area contributed by atoms with E-state index in [1.54, 1.807) is 48.7 Å². The molecule has 0 bridgehead atoms. The summed E-state index contributed by atoms with van der Waals surface area (Å²) in [7, 11) is 4.75. The Labute approximate surface area is 246 Å². The maximum Gasteiger partial charge on any atom is 0.326 e. The largest absolute Gasteiger partial charge is 0.497 e. The number of hydrogen-bond donors (Lipinski definition) is 1. The Hall–Kier alpha value is -3.47. The van der Waals surface area contributed by atoms with E-state index in [0.717, 1.165) is 34.6 Å². The van der Waals surface area contributed by atoms with Crippen LogP contribution in [0, 0.1) is 11.8 Å². The summed E-state index contributed by atoms with van der Waals surface area (Å²) in [6.07, 6.45) is 1.31. The van der Waals surface area contributed by atoms with Crippen LogP contribution in [0.3, 0.4) is 0 Å². The van der Waals surface area contributed by atoms with Crippen LogP contribution >= 0.6 is 11.3 Å². The predicted octanol–water partition coefficient (Wildman–Crippen LogP) is 4.83. The minimum absolute atomic E-state index is 0.0281. The molecule has 10 nitrogen and oxygen atoms in total. The molecule has 2 amide bonds. The van der Waals surface area contributed by atoms with Gasteiger partial charge in [0.25, 0.3) is 5.91 Å². The zero-order valence-electron chi connectivity index (χ0n) is 25.2. The van der Waals surface area contributed by atoms with Crippen LogP contribution in [0.1, 0.15) is 81.0 Å². The van der Waals surface area contributed by atoms with Gasteiger partial charge >= 0.3 is 11.9 Å². The van der Waals surface area contributed by atoms with Gasteiger partial charge in [-0.3, -0.25) is 14.4 Å². The molecule has 0 saturated carbocycles. The van der Waals surface area contributed by atoms with E-state index < -0.39 is 30.0 Å². The van der Waals surface area contributed by atoms with Gasteiger partial charge in [-0.2, -0.15) is 0 Å². The SMILES string of the molecule is CCCC(C)C(=O)N(C)[C@H](C[C@@H](OC(C)=O)c1nc(C(=O)N(C)[C@@H](Cc2ccc(OC)cc2)C(=O)O)cs1)C(C)C. The summed E-state index contributed by atoms with van der Waals surface area (Å²) in [5.74, 6) is -1.59. The standard InChI is InChI=1S/C30H43N3O7S/c1-9-10-19(4)28(35)32(6)24(18(2)3)16-26(40-20(5)34)27-31-23(17-41-27)29(36)33(7)25(30(37)38)15-21-11-13-22(39-8)14-12-21/h11-14,17-19,24-26H,9-10,15-16H2,1-8H3,(H,37,38)/t19?,24-,25+,26-/m1/s1. The Morgan fingerprint density at radius 1 is 1.05 bits per heavy atom. The number of esters is 1. The van der Waals surface area contributed by atoms with Crippen LogP contribution in [0.4, 0.5) is 0 Å².